The minimum Gasteiger partial charge on any atom is -0.493 e. The van der Waals surface area contributed by atoms with Gasteiger partial charge in [-0.3, -0.25) is 0 Å². The zero-order chi connectivity index (χ0) is 14.5. The fourth-order valence-electron chi connectivity index (χ4n) is 1.73. The van der Waals surface area contributed by atoms with E-state index in [2.05, 4.69) is 11.1 Å². The van der Waals surface area contributed by atoms with Crippen LogP contribution in [-0.4, -0.2) is 19.2 Å². The van der Waals surface area contributed by atoms with Crippen molar-refractivity contribution in [3.05, 3.63) is 39.8 Å². The summed E-state index contributed by atoms with van der Waals surface area (Å²) in [5.74, 6) is 1.29. The van der Waals surface area contributed by atoms with Crippen molar-refractivity contribution in [3.63, 3.8) is 0 Å². The molecule has 1 aromatic carbocycles. The number of allylic oxidation sites excluding steroid dienone is 1. The molecule has 0 N–H and O–H groups in total. The van der Waals surface area contributed by atoms with Crippen molar-refractivity contribution in [2.45, 2.75) is 6.92 Å². The van der Waals surface area contributed by atoms with Crippen LogP contribution in [0, 0.1) is 18.3 Å². The van der Waals surface area contributed by atoms with E-state index in [4.69, 9.17) is 9.47 Å². The Morgan fingerprint density at radius 3 is 2.60 bits per heavy atom. The lowest BCUT2D eigenvalue weighted by atomic mass is 10.1. The maximum atomic E-state index is 9.27. The fourth-order valence-corrected chi connectivity index (χ4v) is 2.49. The number of aryl methyl sites for hydroxylation is 1. The zero-order valence-electron chi connectivity index (χ0n) is 11.5. The number of nitrogens with zero attached hydrogens (tertiary/aromatic N) is 2. The van der Waals surface area contributed by atoms with E-state index in [0.717, 1.165) is 16.3 Å². The van der Waals surface area contributed by atoms with Crippen LogP contribution in [0.1, 0.15) is 16.3 Å². The van der Waals surface area contributed by atoms with E-state index in [-0.39, 0.29) is 0 Å². The van der Waals surface area contributed by atoms with Crippen LogP contribution in [0.4, 0.5) is 0 Å². The molecule has 0 bridgehead atoms. The molecule has 102 valence electrons. The molecule has 1 heterocycles. The van der Waals surface area contributed by atoms with Crippen LogP contribution in [0.5, 0.6) is 11.5 Å². The van der Waals surface area contributed by atoms with Crippen LogP contribution < -0.4 is 9.47 Å². The molecule has 0 unspecified atom stereocenters. The largest absolute Gasteiger partial charge is 0.493 e. The van der Waals surface area contributed by atoms with E-state index >= 15 is 0 Å². The Labute approximate surface area is 121 Å². The van der Waals surface area contributed by atoms with Gasteiger partial charge in [0.25, 0.3) is 0 Å². The molecule has 0 atom stereocenters. The van der Waals surface area contributed by atoms with Gasteiger partial charge in [0, 0.05) is 11.1 Å². The number of benzene rings is 1. The lowest BCUT2D eigenvalue weighted by molar-refractivity contribution is 0.355. The zero-order valence-corrected chi connectivity index (χ0v) is 12.3. The van der Waals surface area contributed by atoms with Gasteiger partial charge in [-0.1, -0.05) is 6.07 Å². The third kappa shape index (κ3) is 2.98. The van der Waals surface area contributed by atoms with Gasteiger partial charge in [0.1, 0.15) is 11.1 Å². The van der Waals surface area contributed by atoms with E-state index in [0.29, 0.717) is 17.1 Å². The Morgan fingerprint density at radius 2 is 2.05 bits per heavy atom. The highest BCUT2D eigenvalue weighted by molar-refractivity contribution is 7.11. The van der Waals surface area contributed by atoms with Gasteiger partial charge in [-0.05, 0) is 30.7 Å². The average molecular weight is 286 g/mol. The van der Waals surface area contributed by atoms with E-state index in [9.17, 15) is 5.26 Å². The predicted octanol–water partition coefficient (Wildman–Crippen LogP) is 3.53. The summed E-state index contributed by atoms with van der Waals surface area (Å²) >= 11 is 1.46. The van der Waals surface area contributed by atoms with Crippen LogP contribution in [0.3, 0.4) is 0 Å². The van der Waals surface area contributed by atoms with Crippen molar-refractivity contribution in [1.82, 2.24) is 4.98 Å². The van der Waals surface area contributed by atoms with Crippen molar-refractivity contribution < 1.29 is 9.47 Å². The quantitative estimate of drug-likeness (QED) is 0.807. The van der Waals surface area contributed by atoms with Gasteiger partial charge in [0.15, 0.2) is 11.5 Å². The van der Waals surface area contributed by atoms with Gasteiger partial charge < -0.3 is 9.47 Å². The lowest BCUT2D eigenvalue weighted by Crippen LogP contribution is -1.90. The predicted molar refractivity (Wildman–Crippen MR) is 79.9 cm³/mol. The van der Waals surface area contributed by atoms with E-state index < -0.39 is 0 Å². The minimum absolute atomic E-state index is 0.537. The van der Waals surface area contributed by atoms with Gasteiger partial charge in [0.05, 0.1) is 19.8 Å². The molecule has 0 amide bonds. The second-order valence-corrected chi connectivity index (χ2v) is 4.94. The van der Waals surface area contributed by atoms with E-state index in [1.54, 1.807) is 20.3 Å². The summed E-state index contributed by atoms with van der Waals surface area (Å²) in [5, 5.41) is 11.9. The average Bonchev–Trinajstić information content (AvgIpc) is 2.90. The molecule has 0 fully saturated rings. The number of nitriles is 1. The Bertz CT molecular complexity index is 683. The minimum atomic E-state index is 0.537. The highest BCUT2D eigenvalue weighted by atomic mass is 32.1. The molecule has 2 rings (SSSR count). The van der Waals surface area contributed by atoms with Gasteiger partial charge in [0.2, 0.25) is 0 Å². The first-order valence-corrected chi connectivity index (χ1v) is 6.82. The molecule has 2 aromatic rings. The third-order valence-corrected chi connectivity index (χ3v) is 3.68. The van der Waals surface area contributed by atoms with Crippen LogP contribution in [0.15, 0.2) is 23.6 Å². The first-order valence-electron chi connectivity index (χ1n) is 5.94. The molecule has 0 saturated heterocycles. The molecule has 0 aliphatic rings. The Hall–Kier alpha value is -2.32. The standard InChI is InChI=1S/C15H14N2O2S/c1-10-9-20-15(17-10)12(8-16)6-11-4-5-13(18-2)14(7-11)19-3/h4-7,9H,1-3H3. The van der Waals surface area contributed by atoms with Gasteiger partial charge in [-0.25, -0.2) is 4.98 Å². The van der Waals surface area contributed by atoms with Crippen LogP contribution in [0.2, 0.25) is 0 Å². The molecular weight excluding hydrogens is 272 g/mol. The molecule has 0 saturated carbocycles. The van der Waals surface area contributed by atoms with Crippen molar-refractivity contribution in [3.8, 4) is 17.6 Å². The second kappa shape index (κ2) is 6.22. The van der Waals surface area contributed by atoms with Crippen LogP contribution in [0.25, 0.3) is 11.6 Å². The highest BCUT2D eigenvalue weighted by Gasteiger charge is 2.08. The normalized spacial score (nSPS) is 11.0. The molecule has 4 nitrogen and oxygen atoms in total. The Morgan fingerprint density at radius 1 is 1.30 bits per heavy atom. The van der Waals surface area contributed by atoms with Gasteiger partial charge >= 0.3 is 0 Å². The summed E-state index contributed by atoms with van der Waals surface area (Å²) in [6.45, 7) is 1.91. The summed E-state index contributed by atoms with van der Waals surface area (Å²) in [6, 6.07) is 7.70. The molecule has 0 aliphatic heterocycles. The van der Waals surface area contributed by atoms with Crippen LogP contribution >= 0.6 is 11.3 Å². The third-order valence-electron chi connectivity index (χ3n) is 2.69. The molecule has 20 heavy (non-hydrogen) atoms. The molecule has 0 aliphatic carbocycles. The van der Waals surface area contributed by atoms with Crippen molar-refractivity contribution in [1.29, 1.82) is 5.26 Å². The first-order chi connectivity index (χ1) is 9.67. The molecule has 0 radical (unpaired) electrons. The Balaban J connectivity index is 2.40. The van der Waals surface area contributed by atoms with E-state index in [1.807, 2.05) is 30.5 Å². The number of ether oxygens (including phenoxy) is 2. The SMILES string of the molecule is COc1ccc(C=C(C#N)c2nc(C)cs2)cc1OC. The molecule has 0 spiro atoms. The highest BCUT2D eigenvalue weighted by Crippen LogP contribution is 2.29. The van der Waals surface area contributed by atoms with Gasteiger partial charge in [-0.15, -0.1) is 11.3 Å². The topological polar surface area (TPSA) is 55.1 Å². The summed E-state index contributed by atoms with van der Waals surface area (Å²) in [7, 11) is 3.17. The number of rotatable bonds is 4. The van der Waals surface area contributed by atoms with E-state index in [1.165, 1.54) is 11.3 Å². The summed E-state index contributed by atoms with van der Waals surface area (Å²) in [6.07, 6.45) is 1.79. The van der Waals surface area contributed by atoms with Crippen LogP contribution in [-0.2, 0) is 0 Å². The summed E-state index contributed by atoms with van der Waals surface area (Å²) in [4.78, 5) is 4.33. The smallest absolute Gasteiger partial charge is 0.161 e. The monoisotopic (exact) mass is 286 g/mol. The number of aromatic nitrogens is 1. The molecule has 1 aromatic heterocycles. The Kier molecular flexibility index (Phi) is 4.38. The summed E-state index contributed by atoms with van der Waals surface area (Å²) < 4.78 is 10.4. The second-order valence-electron chi connectivity index (χ2n) is 4.08. The summed E-state index contributed by atoms with van der Waals surface area (Å²) in [5.41, 5.74) is 2.32. The number of methoxy groups -OCH3 is 2. The maximum Gasteiger partial charge on any atom is 0.161 e. The van der Waals surface area contributed by atoms with Crippen molar-refractivity contribution in [2.24, 2.45) is 0 Å². The first kappa shape index (κ1) is 14.1. The van der Waals surface area contributed by atoms with Gasteiger partial charge in [-0.2, -0.15) is 5.26 Å². The van der Waals surface area contributed by atoms with Crippen molar-refractivity contribution in [2.75, 3.05) is 14.2 Å². The fraction of sp³-hybridized carbons (Fsp3) is 0.200. The maximum absolute atomic E-state index is 9.27. The lowest BCUT2D eigenvalue weighted by Gasteiger charge is -2.07. The number of hydrogen-bond acceptors (Lipinski definition) is 5. The van der Waals surface area contributed by atoms with Crippen molar-refractivity contribution >= 4 is 23.0 Å². The molecular formula is C15H14N2O2S. The number of thiazole rings is 1. The number of hydrogen-bond donors (Lipinski definition) is 0. The molecule has 5 heteroatoms.